The normalized spacial score (nSPS) is 12.2. The lowest BCUT2D eigenvalue weighted by molar-refractivity contribution is -0.138. The molecule has 0 aliphatic rings. The smallest absolute Gasteiger partial charge is 0.303 e. The molecule has 0 aromatic carbocycles. The number of rotatable bonds is 9. The number of carboxylic acid groups (broad SMARTS) is 1. The van der Waals surface area contributed by atoms with E-state index in [0.29, 0.717) is 31.8 Å². The molecule has 5 heteroatoms. The highest BCUT2D eigenvalue weighted by molar-refractivity contribution is 5.75. The van der Waals surface area contributed by atoms with E-state index in [1.165, 1.54) is 0 Å². The highest BCUT2D eigenvalue weighted by Gasteiger charge is 2.11. The number of nitrogens with zero attached hydrogens (tertiary/aromatic N) is 1. The van der Waals surface area contributed by atoms with Crippen LogP contribution in [0.15, 0.2) is 0 Å². The van der Waals surface area contributed by atoms with Gasteiger partial charge >= 0.3 is 5.97 Å². The SMILES string of the molecule is CC(CCN)CCC(=O)N(C)CCCC(=O)O. The molecule has 1 amide bonds. The largest absolute Gasteiger partial charge is 0.481 e. The van der Waals surface area contributed by atoms with E-state index in [2.05, 4.69) is 6.92 Å². The van der Waals surface area contributed by atoms with Crippen molar-refractivity contribution in [3.8, 4) is 0 Å². The predicted octanol–water partition coefficient (Wildman–Crippen LogP) is 1.07. The van der Waals surface area contributed by atoms with Gasteiger partial charge in [0.2, 0.25) is 5.91 Å². The lowest BCUT2D eigenvalue weighted by Crippen LogP contribution is -2.28. The van der Waals surface area contributed by atoms with Crippen LogP contribution in [-0.4, -0.2) is 42.0 Å². The van der Waals surface area contributed by atoms with Crippen LogP contribution in [0.5, 0.6) is 0 Å². The molecule has 0 aromatic rings. The minimum absolute atomic E-state index is 0.0826. The minimum atomic E-state index is -0.817. The van der Waals surface area contributed by atoms with Gasteiger partial charge in [0, 0.05) is 26.4 Å². The summed E-state index contributed by atoms with van der Waals surface area (Å²) in [7, 11) is 1.72. The Morgan fingerprint density at radius 3 is 2.47 bits per heavy atom. The summed E-state index contributed by atoms with van der Waals surface area (Å²) in [5.74, 6) is -0.266. The molecule has 0 saturated carbocycles. The van der Waals surface area contributed by atoms with Gasteiger partial charge in [-0.05, 0) is 31.7 Å². The van der Waals surface area contributed by atoms with Crippen molar-refractivity contribution in [3.05, 3.63) is 0 Å². The van der Waals surface area contributed by atoms with Crippen molar-refractivity contribution in [1.82, 2.24) is 4.90 Å². The second-order valence-corrected chi connectivity index (χ2v) is 4.53. The van der Waals surface area contributed by atoms with Gasteiger partial charge in [-0.1, -0.05) is 6.92 Å². The maximum atomic E-state index is 11.7. The monoisotopic (exact) mass is 244 g/mol. The zero-order valence-electron chi connectivity index (χ0n) is 10.8. The Morgan fingerprint density at radius 2 is 1.94 bits per heavy atom. The van der Waals surface area contributed by atoms with Crippen molar-refractivity contribution in [1.29, 1.82) is 0 Å². The highest BCUT2D eigenvalue weighted by atomic mass is 16.4. The Kier molecular flexibility index (Phi) is 8.40. The molecule has 0 radical (unpaired) electrons. The molecule has 0 fully saturated rings. The third-order valence-corrected chi connectivity index (χ3v) is 2.82. The number of carbonyl (C=O) groups is 2. The molecule has 0 aliphatic carbocycles. The highest BCUT2D eigenvalue weighted by Crippen LogP contribution is 2.10. The van der Waals surface area contributed by atoms with Crippen LogP contribution in [0.2, 0.25) is 0 Å². The molecule has 3 N–H and O–H groups in total. The molecular weight excluding hydrogens is 220 g/mol. The maximum Gasteiger partial charge on any atom is 0.303 e. The van der Waals surface area contributed by atoms with Gasteiger partial charge in [0.15, 0.2) is 0 Å². The number of carbonyl (C=O) groups excluding carboxylic acids is 1. The second kappa shape index (κ2) is 8.98. The van der Waals surface area contributed by atoms with Crippen LogP contribution in [-0.2, 0) is 9.59 Å². The van der Waals surface area contributed by atoms with E-state index in [1.54, 1.807) is 11.9 Å². The zero-order valence-corrected chi connectivity index (χ0v) is 10.8. The van der Waals surface area contributed by atoms with E-state index in [0.717, 1.165) is 12.8 Å². The fraction of sp³-hybridized carbons (Fsp3) is 0.833. The van der Waals surface area contributed by atoms with Crippen molar-refractivity contribution in [2.24, 2.45) is 11.7 Å². The summed E-state index contributed by atoms with van der Waals surface area (Å²) < 4.78 is 0. The molecule has 0 rings (SSSR count). The quantitative estimate of drug-likeness (QED) is 0.635. The molecule has 5 nitrogen and oxygen atoms in total. The first kappa shape index (κ1) is 15.9. The van der Waals surface area contributed by atoms with Crippen molar-refractivity contribution in [3.63, 3.8) is 0 Å². The van der Waals surface area contributed by atoms with E-state index < -0.39 is 5.97 Å². The third-order valence-electron chi connectivity index (χ3n) is 2.82. The van der Waals surface area contributed by atoms with Crippen molar-refractivity contribution < 1.29 is 14.7 Å². The van der Waals surface area contributed by atoms with Crippen molar-refractivity contribution in [2.45, 2.75) is 39.0 Å². The van der Waals surface area contributed by atoms with Gasteiger partial charge in [-0.3, -0.25) is 9.59 Å². The predicted molar refractivity (Wildman–Crippen MR) is 66.6 cm³/mol. The standard InChI is InChI=1S/C12H24N2O3/c1-10(7-8-13)5-6-11(15)14(2)9-3-4-12(16)17/h10H,3-9,13H2,1-2H3,(H,16,17). The topological polar surface area (TPSA) is 83.6 Å². The Labute approximate surface area is 103 Å². The van der Waals surface area contributed by atoms with Crippen LogP contribution in [0.25, 0.3) is 0 Å². The Hall–Kier alpha value is -1.10. The molecule has 17 heavy (non-hydrogen) atoms. The maximum absolute atomic E-state index is 11.7. The van der Waals surface area contributed by atoms with Crippen molar-refractivity contribution in [2.75, 3.05) is 20.1 Å². The average molecular weight is 244 g/mol. The lowest BCUT2D eigenvalue weighted by atomic mass is 10.0. The summed E-state index contributed by atoms with van der Waals surface area (Å²) in [6.45, 7) is 3.25. The summed E-state index contributed by atoms with van der Waals surface area (Å²) in [6, 6.07) is 0. The Morgan fingerprint density at radius 1 is 1.29 bits per heavy atom. The molecule has 100 valence electrons. The van der Waals surface area contributed by atoms with E-state index in [-0.39, 0.29) is 12.3 Å². The molecule has 0 spiro atoms. The van der Waals surface area contributed by atoms with Crippen LogP contribution < -0.4 is 5.73 Å². The first-order valence-corrected chi connectivity index (χ1v) is 6.13. The summed E-state index contributed by atoms with van der Waals surface area (Å²) in [6.07, 6.45) is 2.93. The minimum Gasteiger partial charge on any atom is -0.481 e. The van der Waals surface area contributed by atoms with E-state index in [9.17, 15) is 9.59 Å². The number of aliphatic carboxylic acids is 1. The average Bonchev–Trinajstić information content (AvgIpc) is 2.25. The molecule has 0 saturated heterocycles. The molecular formula is C12H24N2O3. The third kappa shape index (κ3) is 8.68. The Bertz CT molecular complexity index is 244. The molecule has 0 aromatic heterocycles. The Balaban J connectivity index is 3.70. The van der Waals surface area contributed by atoms with Gasteiger partial charge in [0.05, 0.1) is 0 Å². The summed E-state index contributed by atoms with van der Waals surface area (Å²) in [5.41, 5.74) is 5.44. The summed E-state index contributed by atoms with van der Waals surface area (Å²) >= 11 is 0. The first-order valence-electron chi connectivity index (χ1n) is 6.13. The molecule has 1 unspecified atom stereocenters. The van der Waals surface area contributed by atoms with Gasteiger partial charge < -0.3 is 15.7 Å². The van der Waals surface area contributed by atoms with Crippen LogP contribution in [0, 0.1) is 5.92 Å². The molecule has 0 heterocycles. The molecule has 0 aliphatic heterocycles. The van der Waals surface area contributed by atoms with Gasteiger partial charge in [-0.25, -0.2) is 0 Å². The van der Waals surface area contributed by atoms with Gasteiger partial charge in [-0.15, -0.1) is 0 Å². The van der Waals surface area contributed by atoms with Crippen LogP contribution in [0.3, 0.4) is 0 Å². The zero-order chi connectivity index (χ0) is 13.3. The lowest BCUT2D eigenvalue weighted by Gasteiger charge is -2.17. The second-order valence-electron chi connectivity index (χ2n) is 4.53. The van der Waals surface area contributed by atoms with Gasteiger partial charge in [0.1, 0.15) is 0 Å². The fourth-order valence-electron chi connectivity index (χ4n) is 1.58. The summed E-state index contributed by atoms with van der Waals surface area (Å²) in [5, 5.41) is 8.48. The molecule has 1 atom stereocenters. The van der Waals surface area contributed by atoms with Crippen LogP contribution >= 0.6 is 0 Å². The molecule has 0 bridgehead atoms. The van der Waals surface area contributed by atoms with E-state index in [1.807, 2.05) is 0 Å². The van der Waals surface area contributed by atoms with Crippen LogP contribution in [0.1, 0.15) is 39.0 Å². The number of amides is 1. The first-order chi connectivity index (χ1) is 7.97. The van der Waals surface area contributed by atoms with Crippen molar-refractivity contribution >= 4 is 11.9 Å². The number of hydrogen-bond donors (Lipinski definition) is 2. The number of carboxylic acids is 1. The number of hydrogen-bond acceptors (Lipinski definition) is 3. The van der Waals surface area contributed by atoms with Crippen LogP contribution in [0.4, 0.5) is 0 Å². The van der Waals surface area contributed by atoms with E-state index in [4.69, 9.17) is 10.8 Å². The van der Waals surface area contributed by atoms with E-state index >= 15 is 0 Å². The fourth-order valence-corrected chi connectivity index (χ4v) is 1.58. The number of nitrogens with two attached hydrogens (primary N) is 1. The van der Waals surface area contributed by atoms with Gasteiger partial charge in [-0.2, -0.15) is 0 Å². The van der Waals surface area contributed by atoms with Gasteiger partial charge in [0.25, 0.3) is 0 Å². The summed E-state index contributed by atoms with van der Waals surface area (Å²) in [4.78, 5) is 23.6.